The number of nitrogens with two attached hydrogens (primary N) is 1. The maximum atomic E-state index is 5.63. The first-order chi connectivity index (χ1) is 7.63. The van der Waals surface area contributed by atoms with Crippen LogP contribution in [0.3, 0.4) is 0 Å². The molecule has 1 aromatic rings. The largest absolute Gasteiger partial charge is 0.468 e. The fourth-order valence-electron chi connectivity index (χ4n) is 2.08. The Morgan fingerprint density at radius 2 is 2.31 bits per heavy atom. The van der Waals surface area contributed by atoms with E-state index >= 15 is 0 Å². The van der Waals surface area contributed by atoms with Gasteiger partial charge in [0.15, 0.2) is 0 Å². The number of nitrogens with zero attached hydrogens (tertiary/aromatic N) is 1. The summed E-state index contributed by atoms with van der Waals surface area (Å²) in [6.07, 6.45) is 1.71. The molecule has 0 unspecified atom stereocenters. The molecule has 0 saturated carbocycles. The van der Waals surface area contributed by atoms with Gasteiger partial charge in [0.05, 0.1) is 26.0 Å². The number of rotatable bonds is 3. The number of furan rings is 1. The molecule has 1 fully saturated rings. The van der Waals surface area contributed by atoms with Crippen molar-refractivity contribution < 1.29 is 9.15 Å². The fraction of sp³-hybridized carbons (Fsp3) is 0.667. The number of hydrogen-bond acceptors (Lipinski definition) is 4. The minimum absolute atomic E-state index is 0.0847. The van der Waals surface area contributed by atoms with Gasteiger partial charge in [-0.05, 0) is 19.9 Å². The molecule has 2 N–H and O–H groups in total. The molecule has 1 aliphatic heterocycles. The predicted molar refractivity (Wildman–Crippen MR) is 61.9 cm³/mol. The van der Waals surface area contributed by atoms with Gasteiger partial charge >= 0.3 is 0 Å². The topological polar surface area (TPSA) is 51.6 Å². The van der Waals surface area contributed by atoms with Gasteiger partial charge in [0.2, 0.25) is 0 Å². The van der Waals surface area contributed by atoms with Crippen LogP contribution in [0, 0.1) is 0 Å². The molecule has 1 aromatic heterocycles. The Balaban J connectivity index is 2.08. The fourth-order valence-corrected chi connectivity index (χ4v) is 2.08. The van der Waals surface area contributed by atoms with Crippen LogP contribution in [-0.2, 0) is 17.8 Å². The summed E-state index contributed by atoms with van der Waals surface area (Å²) < 4.78 is 10.8. The van der Waals surface area contributed by atoms with Crippen LogP contribution in [0.5, 0.6) is 0 Å². The molecule has 0 aliphatic carbocycles. The van der Waals surface area contributed by atoms with Gasteiger partial charge in [-0.3, -0.25) is 4.90 Å². The van der Waals surface area contributed by atoms with Crippen molar-refractivity contribution in [2.45, 2.75) is 32.5 Å². The van der Waals surface area contributed by atoms with Gasteiger partial charge in [0.1, 0.15) is 5.76 Å². The number of ether oxygens (including phenoxy) is 1. The van der Waals surface area contributed by atoms with Crippen molar-refractivity contribution in [3.63, 3.8) is 0 Å². The maximum absolute atomic E-state index is 5.63. The smallest absolute Gasteiger partial charge is 0.121 e. The molecule has 0 amide bonds. The zero-order chi connectivity index (χ0) is 11.6. The Hall–Kier alpha value is -0.840. The van der Waals surface area contributed by atoms with Crippen molar-refractivity contribution in [2.24, 2.45) is 5.73 Å². The summed E-state index contributed by atoms with van der Waals surface area (Å²) in [6.45, 7) is 8.31. The van der Waals surface area contributed by atoms with Gasteiger partial charge in [-0.1, -0.05) is 0 Å². The second-order valence-electron chi connectivity index (χ2n) is 4.86. The molecular weight excluding hydrogens is 204 g/mol. The van der Waals surface area contributed by atoms with Crippen LogP contribution in [0.25, 0.3) is 0 Å². The van der Waals surface area contributed by atoms with Crippen LogP contribution in [0.4, 0.5) is 0 Å². The highest BCUT2D eigenvalue weighted by Gasteiger charge is 2.30. The van der Waals surface area contributed by atoms with Crippen molar-refractivity contribution >= 4 is 0 Å². The third-order valence-electron chi connectivity index (χ3n) is 3.20. The van der Waals surface area contributed by atoms with E-state index in [0.717, 1.165) is 32.1 Å². The molecule has 90 valence electrons. The molecule has 0 spiro atoms. The average Bonchev–Trinajstić information content (AvgIpc) is 2.68. The molecule has 0 bridgehead atoms. The van der Waals surface area contributed by atoms with Gasteiger partial charge in [-0.2, -0.15) is 0 Å². The van der Waals surface area contributed by atoms with E-state index in [1.165, 1.54) is 5.56 Å². The summed E-state index contributed by atoms with van der Waals surface area (Å²) in [5.41, 5.74) is 6.91. The summed E-state index contributed by atoms with van der Waals surface area (Å²) in [6, 6.07) is 2.01. The SMILES string of the molecule is CC1(C)COCCN1Cc1ccoc1CN. The van der Waals surface area contributed by atoms with E-state index in [1.807, 2.05) is 6.07 Å². The molecule has 0 atom stereocenters. The van der Waals surface area contributed by atoms with Crippen molar-refractivity contribution in [3.05, 3.63) is 23.7 Å². The van der Waals surface area contributed by atoms with Crippen molar-refractivity contribution in [1.29, 1.82) is 0 Å². The highest BCUT2D eigenvalue weighted by molar-refractivity contribution is 5.17. The lowest BCUT2D eigenvalue weighted by Crippen LogP contribution is -2.52. The molecule has 4 nitrogen and oxygen atoms in total. The van der Waals surface area contributed by atoms with Gasteiger partial charge in [0, 0.05) is 24.2 Å². The van der Waals surface area contributed by atoms with E-state index < -0.39 is 0 Å². The maximum Gasteiger partial charge on any atom is 0.121 e. The highest BCUT2D eigenvalue weighted by atomic mass is 16.5. The lowest BCUT2D eigenvalue weighted by atomic mass is 10.0. The van der Waals surface area contributed by atoms with Crippen LogP contribution in [0.15, 0.2) is 16.7 Å². The quantitative estimate of drug-likeness (QED) is 0.842. The Morgan fingerprint density at radius 3 is 3.00 bits per heavy atom. The van der Waals surface area contributed by atoms with Gasteiger partial charge < -0.3 is 14.9 Å². The highest BCUT2D eigenvalue weighted by Crippen LogP contribution is 2.23. The second kappa shape index (κ2) is 4.57. The third-order valence-corrected chi connectivity index (χ3v) is 3.20. The molecule has 2 heterocycles. The van der Waals surface area contributed by atoms with Crippen LogP contribution in [0.2, 0.25) is 0 Å². The van der Waals surface area contributed by atoms with Crippen LogP contribution in [0.1, 0.15) is 25.2 Å². The summed E-state index contributed by atoms with van der Waals surface area (Å²) in [5, 5.41) is 0. The zero-order valence-corrected chi connectivity index (χ0v) is 10.0. The summed E-state index contributed by atoms with van der Waals surface area (Å²) >= 11 is 0. The first-order valence-electron chi connectivity index (χ1n) is 5.71. The Labute approximate surface area is 96.4 Å². The molecule has 2 rings (SSSR count). The minimum Gasteiger partial charge on any atom is -0.468 e. The molecule has 0 radical (unpaired) electrons. The third kappa shape index (κ3) is 2.29. The van der Waals surface area contributed by atoms with Crippen molar-refractivity contribution in [2.75, 3.05) is 19.8 Å². The Morgan fingerprint density at radius 1 is 1.50 bits per heavy atom. The van der Waals surface area contributed by atoms with Gasteiger partial charge in [-0.25, -0.2) is 0 Å². The monoisotopic (exact) mass is 224 g/mol. The molecule has 4 heteroatoms. The van der Waals surface area contributed by atoms with E-state index in [0.29, 0.717) is 6.54 Å². The normalized spacial score (nSPS) is 21.2. The van der Waals surface area contributed by atoms with Crippen LogP contribution in [-0.4, -0.2) is 30.2 Å². The van der Waals surface area contributed by atoms with E-state index in [9.17, 15) is 0 Å². The standard InChI is InChI=1S/C12H20N2O2/c1-12(2)9-15-6-4-14(12)8-10-3-5-16-11(10)7-13/h3,5H,4,6-9,13H2,1-2H3. The lowest BCUT2D eigenvalue weighted by molar-refractivity contribution is -0.0554. The van der Waals surface area contributed by atoms with Gasteiger partial charge in [0.25, 0.3) is 0 Å². The number of hydrogen-bond donors (Lipinski definition) is 1. The zero-order valence-electron chi connectivity index (χ0n) is 10.0. The summed E-state index contributed by atoms with van der Waals surface area (Å²) in [5.74, 6) is 0.891. The molecule has 1 aliphatic rings. The molecule has 0 aromatic carbocycles. The van der Waals surface area contributed by atoms with E-state index in [-0.39, 0.29) is 5.54 Å². The minimum atomic E-state index is 0.0847. The Kier molecular flexibility index (Phi) is 3.33. The number of morpholine rings is 1. The Bertz CT molecular complexity index is 347. The molecule has 1 saturated heterocycles. The summed E-state index contributed by atoms with van der Waals surface area (Å²) in [4.78, 5) is 2.42. The molecule has 16 heavy (non-hydrogen) atoms. The predicted octanol–water partition coefficient (Wildman–Crippen LogP) is 1.35. The van der Waals surface area contributed by atoms with E-state index in [4.69, 9.17) is 14.9 Å². The van der Waals surface area contributed by atoms with Gasteiger partial charge in [-0.15, -0.1) is 0 Å². The first kappa shape index (κ1) is 11.6. The average molecular weight is 224 g/mol. The van der Waals surface area contributed by atoms with Crippen molar-refractivity contribution in [1.82, 2.24) is 4.90 Å². The van der Waals surface area contributed by atoms with Crippen LogP contribution >= 0.6 is 0 Å². The van der Waals surface area contributed by atoms with E-state index in [1.54, 1.807) is 6.26 Å². The van der Waals surface area contributed by atoms with Crippen LogP contribution < -0.4 is 5.73 Å². The summed E-state index contributed by atoms with van der Waals surface area (Å²) in [7, 11) is 0. The van der Waals surface area contributed by atoms with E-state index in [2.05, 4.69) is 18.7 Å². The second-order valence-corrected chi connectivity index (χ2v) is 4.86. The lowest BCUT2D eigenvalue weighted by Gasteiger charge is -2.42. The van der Waals surface area contributed by atoms with Crippen molar-refractivity contribution in [3.8, 4) is 0 Å². The first-order valence-corrected chi connectivity index (χ1v) is 5.71. The molecular formula is C12H20N2O2.